The Kier molecular flexibility index (Phi) is 5.15. The molecule has 9 heteroatoms. The molecule has 0 saturated carbocycles. The van der Waals surface area contributed by atoms with E-state index in [0.29, 0.717) is 6.42 Å². The van der Waals surface area contributed by atoms with Gasteiger partial charge in [-0.2, -0.15) is 0 Å². The number of cyclic esters (lactones) is 1. The molecule has 1 saturated heterocycles. The largest absolute Gasteiger partial charge is 0.463 e. The zero-order valence-corrected chi connectivity index (χ0v) is 14.9. The molecule has 7 nitrogen and oxygen atoms in total. The number of ether oxygens (including phenoxy) is 2. The lowest BCUT2D eigenvalue weighted by Gasteiger charge is -2.11. The predicted molar refractivity (Wildman–Crippen MR) is 93.5 cm³/mol. The topological polar surface area (TPSA) is 98.8 Å². The van der Waals surface area contributed by atoms with Crippen LogP contribution in [0.15, 0.2) is 53.4 Å². The first-order chi connectivity index (χ1) is 12.4. The van der Waals surface area contributed by atoms with E-state index in [9.17, 15) is 18.0 Å². The summed E-state index contributed by atoms with van der Waals surface area (Å²) in [6.45, 7) is 0.210. The number of para-hydroxylation sites is 1. The number of sulfonamides is 1. The van der Waals surface area contributed by atoms with Crippen molar-refractivity contribution in [3.63, 3.8) is 0 Å². The lowest BCUT2D eigenvalue weighted by atomic mass is 10.2. The average Bonchev–Trinajstić information content (AvgIpc) is 3.02. The van der Waals surface area contributed by atoms with Crippen LogP contribution >= 0.6 is 11.6 Å². The Morgan fingerprint density at radius 1 is 1.15 bits per heavy atom. The minimum absolute atomic E-state index is 0.0470. The highest BCUT2D eigenvalue weighted by Crippen LogP contribution is 2.24. The van der Waals surface area contributed by atoms with E-state index in [0.717, 1.165) is 0 Å². The van der Waals surface area contributed by atoms with Crippen LogP contribution in [0, 0.1) is 0 Å². The SMILES string of the molecule is O=C(O[C@@H]1CCOC1=O)c1ccc(S(=O)(=O)Nc2ccccc2Cl)cc1. The molecule has 0 aromatic heterocycles. The van der Waals surface area contributed by atoms with Crippen molar-refractivity contribution in [2.24, 2.45) is 0 Å². The number of hydrogen-bond acceptors (Lipinski definition) is 6. The van der Waals surface area contributed by atoms with Gasteiger partial charge in [-0.3, -0.25) is 4.72 Å². The van der Waals surface area contributed by atoms with Crippen molar-refractivity contribution in [1.82, 2.24) is 0 Å². The first kappa shape index (κ1) is 18.2. The Morgan fingerprint density at radius 2 is 1.85 bits per heavy atom. The highest BCUT2D eigenvalue weighted by atomic mass is 35.5. The summed E-state index contributed by atoms with van der Waals surface area (Å²) in [5, 5.41) is 0.264. The monoisotopic (exact) mass is 395 g/mol. The number of rotatable bonds is 5. The van der Waals surface area contributed by atoms with Crippen LogP contribution in [0.1, 0.15) is 16.8 Å². The lowest BCUT2D eigenvalue weighted by molar-refractivity contribution is -0.145. The highest BCUT2D eigenvalue weighted by Gasteiger charge is 2.30. The molecule has 0 unspecified atom stereocenters. The van der Waals surface area contributed by atoms with Crippen LogP contribution in [0.4, 0.5) is 5.69 Å². The van der Waals surface area contributed by atoms with Gasteiger partial charge in [0.1, 0.15) is 0 Å². The van der Waals surface area contributed by atoms with Crippen molar-refractivity contribution >= 4 is 39.3 Å². The Morgan fingerprint density at radius 3 is 2.46 bits per heavy atom. The molecule has 1 heterocycles. The van der Waals surface area contributed by atoms with Gasteiger partial charge < -0.3 is 9.47 Å². The first-order valence-electron chi connectivity index (χ1n) is 7.62. The predicted octanol–water partition coefficient (Wildman–Crippen LogP) is 2.61. The minimum atomic E-state index is -3.87. The normalized spacial score (nSPS) is 16.8. The standard InChI is InChI=1S/C17H14ClNO6S/c18-13-3-1-2-4-14(13)19-26(22,23)12-7-5-11(6-8-12)16(20)25-15-9-10-24-17(15)21/h1-8,15,19H,9-10H2/t15-/m1/s1. The maximum absolute atomic E-state index is 12.4. The number of nitrogens with one attached hydrogen (secondary N) is 1. The van der Waals surface area contributed by atoms with E-state index in [1.54, 1.807) is 18.2 Å². The van der Waals surface area contributed by atoms with Crippen molar-refractivity contribution in [1.29, 1.82) is 0 Å². The van der Waals surface area contributed by atoms with Crippen LogP contribution in [-0.2, 0) is 24.3 Å². The molecule has 1 aliphatic rings. The van der Waals surface area contributed by atoms with Gasteiger partial charge >= 0.3 is 11.9 Å². The van der Waals surface area contributed by atoms with Crippen molar-refractivity contribution in [2.45, 2.75) is 17.4 Å². The van der Waals surface area contributed by atoms with Crippen molar-refractivity contribution < 1.29 is 27.5 Å². The maximum Gasteiger partial charge on any atom is 0.347 e. The summed E-state index contributed by atoms with van der Waals surface area (Å²) < 4.78 is 37.0. The van der Waals surface area contributed by atoms with Gasteiger partial charge in [-0.25, -0.2) is 18.0 Å². The third-order valence-corrected chi connectivity index (χ3v) is 5.37. The van der Waals surface area contributed by atoms with Crippen LogP contribution in [-0.4, -0.2) is 33.1 Å². The van der Waals surface area contributed by atoms with Gasteiger partial charge in [0.05, 0.1) is 27.8 Å². The molecule has 0 aliphatic carbocycles. The van der Waals surface area contributed by atoms with E-state index in [1.807, 2.05) is 0 Å². The molecule has 0 bridgehead atoms. The average molecular weight is 396 g/mol. The molecule has 26 heavy (non-hydrogen) atoms. The number of carbonyl (C=O) groups excluding carboxylic acids is 2. The Bertz CT molecular complexity index is 942. The highest BCUT2D eigenvalue weighted by molar-refractivity contribution is 7.92. The summed E-state index contributed by atoms with van der Waals surface area (Å²) in [5.74, 6) is -1.31. The van der Waals surface area contributed by atoms with Gasteiger partial charge in [0.2, 0.25) is 6.10 Å². The zero-order valence-electron chi connectivity index (χ0n) is 13.3. The first-order valence-corrected chi connectivity index (χ1v) is 9.48. The summed E-state index contributed by atoms with van der Waals surface area (Å²) in [4.78, 5) is 23.3. The van der Waals surface area contributed by atoms with Gasteiger partial charge in [0.25, 0.3) is 10.0 Å². The number of hydrogen-bond donors (Lipinski definition) is 1. The van der Waals surface area contributed by atoms with Crippen LogP contribution in [0.3, 0.4) is 0 Å². The van der Waals surface area contributed by atoms with Gasteiger partial charge in [-0.05, 0) is 36.4 Å². The summed E-state index contributed by atoms with van der Waals surface area (Å²) >= 11 is 5.95. The van der Waals surface area contributed by atoms with Crippen LogP contribution in [0.5, 0.6) is 0 Å². The second kappa shape index (κ2) is 7.35. The zero-order chi connectivity index (χ0) is 18.7. The smallest absolute Gasteiger partial charge is 0.347 e. The molecular formula is C17H14ClNO6S. The fourth-order valence-corrected chi connectivity index (χ4v) is 3.62. The van der Waals surface area contributed by atoms with Gasteiger partial charge in [0, 0.05) is 6.42 Å². The van der Waals surface area contributed by atoms with Gasteiger partial charge in [-0.15, -0.1) is 0 Å². The molecule has 2 aromatic carbocycles. The molecule has 3 rings (SSSR count). The second-order valence-corrected chi connectivity index (χ2v) is 7.55. The molecule has 0 spiro atoms. The summed E-state index contributed by atoms with van der Waals surface area (Å²) in [6.07, 6.45) is -0.619. The third kappa shape index (κ3) is 3.97. The van der Waals surface area contributed by atoms with E-state index in [-0.39, 0.29) is 27.8 Å². The third-order valence-electron chi connectivity index (χ3n) is 3.66. The van der Waals surface area contributed by atoms with E-state index in [1.165, 1.54) is 30.3 Å². The maximum atomic E-state index is 12.4. The number of benzene rings is 2. The number of carbonyl (C=O) groups is 2. The summed E-state index contributed by atoms with van der Waals surface area (Å²) in [6, 6.07) is 11.6. The van der Waals surface area contributed by atoms with Crippen molar-refractivity contribution in [3.8, 4) is 0 Å². The van der Waals surface area contributed by atoms with Crippen molar-refractivity contribution in [2.75, 3.05) is 11.3 Å². The van der Waals surface area contributed by atoms with E-state index in [2.05, 4.69) is 4.72 Å². The molecule has 0 amide bonds. The number of halogens is 1. The summed E-state index contributed by atoms with van der Waals surface area (Å²) in [7, 11) is -3.87. The van der Waals surface area contributed by atoms with Crippen LogP contribution in [0.2, 0.25) is 5.02 Å². The minimum Gasteiger partial charge on any atom is -0.463 e. The van der Waals surface area contributed by atoms with Crippen LogP contribution < -0.4 is 4.72 Å². The quantitative estimate of drug-likeness (QED) is 0.781. The van der Waals surface area contributed by atoms with E-state index < -0.39 is 28.1 Å². The molecule has 0 radical (unpaired) electrons. The Labute approximate surface area is 154 Å². The molecule has 2 aromatic rings. The number of anilines is 1. The Balaban J connectivity index is 1.73. The molecule has 136 valence electrons. The number of esters is 2. The molecule has 1 aliphatic heterocycles. The van der Waals surface area contributed by atoms with Crippen LogP contribution in [0.25, 0.3) is 0 Å². The molecular weight excluding hydrogens is 382 g/mol. The molecule has 1 atom stereocenters. The van der Waals surface area contributed by atoms with Gasteiger partial charge in [-0.1, -0.05) is 23.7 Å². The molecule has 1 N–H and O–H groups in total. The van der Waals surface area contributed by atoms with E-state index in [4.69, 9.17) is 21.1 Å². The summed E-state index contributed by atoms with van der Waals surface area (Å²) in [5.41, 5.74) is 0.374. The van der Waals surface area contributed by atoms with Gasteiger partial charge in [0.15, 0.2) is 0 Å². The van der Waals surface area contributed by atoms with Crippen molar-refractivity contribution in [3.05, 3.63) is 59.1 Å². The second-order valence-electron chi connectivity index (χ2n) is 5.46. The fourth-order valence-electron chi connectivity index (χ4n) is 2.30. The Hall–Kier alpha value is -2.58. The lowest BCUT2D eigenvalue weighted by Crippen LogP contribution is -2.22. The fraction of sp³-hybridized carbons (Fsp3) is 0.176. The van der Waals surface area contributed by atoms with E-state index >= 15 is 0 Å². The molecule has 1 fully saturated rings.